The summed E-state index contributed by atoms with van der Waals surface area (Å²) in [6, 6.07) is 8.36. The highest BCUT2D eigenvalue weighted by atomic mass is 32.1. The molecule has 0 saturated carbocycles. The average Bonchev–Trinajstić information content (AvgIpc) is 3.08. The number of hydrogen-bond donors (Lipinski definition) is 1. The van der Waals surface area contributed by atoms with Crippen LogP contribution in [0.4, 0.5) is 0 Å². The first-order chi connectivity index (χ1) is 11.9. The molecule has 25 heavy (non-hydrogen) atoms. The van der Waals surface area contributed by atoms with Crippen molar-refractivity contribution in [2.45, 2.75) is 13.8 Å². The Morgan fingerprint density at radius 1 is 1.16 bits per heavy atom. The van der Waals surface area contributed by atoms with Gasteiger partial charge in [-0.25, -0.2) is 4.79 Å². The maximum absolute atomic E-state index is 12.2. The molecule has 0 aliphatic rings. The second-order valence-corrected chi connectivity index (χ2v) is 6.87. The summed E-state index contributed by atoms with van der Waals surface area (Å²) >= 11 is 0.960. The molecule has 0 spiro atoms. The lowest BCUT2D eigenvalue weighted by atomic mass is 10.1. The molecular weight excluding hydrogens is 340 g/mol. The molecule has 0 atom stereocenters. The Bertz CT molecular complexity index is 789. The molecule has 1 N–H and O–H groups in total. The Balaban J connectivity index is 2.14. The molecule has 0 bridgehead atoms. The van der Waals surface area contributed by atoms with E-state index in [0.717, 1.165) is 16.9 Å². The number of carboxylic acids is 1. The summed E-state index contributed by atoms with van der Waals surface area (Å²) in [6.07, 6.45) is 3.09. The normalized spacial score (nSPS) is 11.0. The van der Waals surface area contributed by atoms with Gasteiger partial charge in [-0.1, -0.05) is 26.0 Å². The predicted molar refractivity (Wildman–Crippen MR) is 98.0 cm³/mol. The lowest BCUT2D eigenvalue weighted by Gasteiger charge is -2.12. The number of carbonyl (C=O) groups is 2. The summed E-state index contributed by atoms with van der Waals surface area (Å²) < 4.78 is 11.0. The van der Waals surface area contributed by atoms with Gasteiger partial charge in [0.2, 0.25) is 0 Å². The van der Waals surface area contributed by atoms with Gasteiger partial charge in [-0.2, -0.15) is 0 Å². The van der Waals surface area contributed by atoms with Crippen LogP contribution in [0, 0.1) is 5.92 Å². The number of ketones is 1. The van der Waals surface area contributed by atoms with Crippen LogP contribution in [0.2, 0.25) is 0 Å². The second kappa shape index (κ2) is 8.48. The summed E-state index contributed by atoms with van der Waals surface area (Å²) in [5, 5.41) is 8.91. The summed E-state index contributed by atoms with van der Waals surface area (Å²) in [6.45, 7) is 4.68. The van der Waals surface area contributed by atoms with Crippen molar-refractivity contribution in [3.63, 3.8) is 0 Å². The molecule has 5 nitrogen and oxygen atoms in total. The zero-order valence-corrected chi connectivity index (χ0v) is 15.1. The van der Waals surface area contributed by atoms with Crippen molar-refractivity contribution >= 4 is 29.2 Å². The quantitative estimate of drug-likeness (QED) is 0.558. The molecule has 0 aliphatic carbocycles. The van der Waals surface area contributed by atoms with Gasteiger partial charge in [0.15, 0.2) is 17.3 Å². The van der Waals surface area contributed by atoms with E-state index in [4.69, 9.17) is 14.6 Å². The molecule has 2 rings (SSSR count). The van der Waals surface area contributed by atoms with Crippen LogP contribution < -0.4 is 9.47 Å². The molecule has 1 aromatic carbocycles. The van der Waals surface area contributed by atoms with E-state index < -0.39 is 5.97 Å². The van der Waals surface area contributed by atoms with Crippen molar-refractivity contribution in [1.29, 1.82) is 0 Å². The fourth-order valence-corrected chi connectivity index (χ4v) is 2.77. The Labute approximate surface area is 150 Å². The van der Waals surface area contributed by atoms with Gasteiger partial charge in [-0.3, -0.25) is 4.79 Å². The fraction of sp³-hybridized carbons (Fsp3) is 0.263. The van der Waals surface area contributed by atoms with Crippen LogP contribution in [-0.2, 0) is 0 Å². The van der Waals surface area contributed by atoms with Gasteiger partial charge in [-0.05, 0) is 41.8 Å². The highest BCUT2D eigenvalue weighted by molar-refractivity contribution is 7.16. The highest BCUT2D eigenvalue weighted by Gasteiger charge is 2.11. The van der Waals surface area contributed by atoms with Crippen LogP contribution in [0.15, 0.2) is 36.4 Å². The van der Waals surface area contributed by atoms with Gasteiger partial charge >= 0.3 is 5.97 Å². The van der Waals surface area contributed by atoms with Gasteiger partial charge in [0.1, 0.15) is 4.88 Å². The van der Waals surface area contributed by atoms with E-state index >= 15 is 0 Å². The van der Waals surface area contributed by atoms with E-state index in [0.29, 0.717) is 28.9 Å². The molecule has 6 heteroatoms. The minimum atomic E-state index is -1.03. The number of aromatic carboxylic acids is 1. The van der Waals surface area contributed by atoms with E-state index in [9.17, 15) is 9.59 Å². The number of ether oxygens (including phenoxy) is 2. The largest absolute Gasteiger partial charge is 0.493 e. The topological polar surface area (TPSA) is 72.8 Å². The van der Waals surface area contributed by atoms with E-state index in [1.165, 1.54) is 18.2 Å². The van der Waals surface area contributed by atoms with Crippen LogP contribution >= 0.6 is 11.3 Å². The zero-order valence-electron chi connectivity index (χ0n) is 14.3. The number of thiophene rings is 1. The van der Waals surface area contributed by atoms with Crippen LogP contribution in [0.3, 0.4) is 0 Å². The van der Waals surface area contributed by atoms with Gasteiger partial charge < -0.3 is 14.6 Å². The van der Waals surface area contributed by atoms with Crippen molar-refractivity contribution in [2.75, 3.05) is 13.7 Å². The van der Waals surface area contributed by atoms with Crippen molar-refractivity contribution in [3.05, 3.63) is 51.7 Å². The van der Waals surface area contributed by atoms with E-state index in [1.807, 2.05) is 12.1 Å². The molecule has 0 saturated heterocycles. The summed E-state index contributed by atoms with van der Waals surface area (Å²) in [4.78, 5) is 23.6. The average molecular weight is 360 g/mol. The third-order valence-electron chi connectivity index (χ3n) is 3.25. The Morgan fingerprint density at radius 2 is 1.88 bits per heavy atom. The van der Waals surface area contributed by atoms with Gasteiger partial charge in [0, 0.05) is 0 Å². The minimum Gasteiger partial charge on any atom is -0.493 e. The van der Waals surface area contributed by atoms with Crippen molar-refractivity contribution in [3.8, 4) is 11.5 Å². The third-order valence-corrected chi connectivity index (χ3v) is 4.33. The molecule has 0 aliphatic heterocycles. The molecule has 0 amide bonds. The second-order valence-electron chi connectivity index (χ2n) is 5.78. The molecule has 0 unspecified atom stereocenters. The number of benzene rings is 1. The standard InChI is InChI=1S/C19H20O5S/c1-12(2)11-24-16-10-13(5-7-15(16)23-3)4-6-14(20)17-8-9-18(25-17)19(21)22/h4-10,12H,11H2,1-3H3,(H,21,22)/b6-4+. The first-order valence-electron chi connectivity index (χ1n) is 7.77. The number of rotatable bonds is 8. The zero-order chi connectivity index (χ0) is 18.4. The van der Waals surface area contributed by atoms with E-state index in [-0.39, 0.29) is 10.7 Å². The lowest BCUT2D eigenvalue weighted by molar-refractivity contribution is 0.0702. The van der Waals surface area contributed by atoms with E-state index in [2.05, 4.69) is 13.8 Å². The summed E-state index contributed by atoms with van der Waals surface area (Å²) in [5.74, 6) is 0.365. The van der Waals surface area contributed by atoms with Crippen molar-refractivity contribution in [2.24, 2.45) is 5.92 Å². The van der Waals surface area contributed by atoms with Crippen LogP contribution in [0.5, 0.6) is 11.5 Å². The molecular formula is C19H20O5S. The predicted octanol–water partition coefficient (Wildman–Crippen LogP) is 4.39. The third kappa shape index (κ3) is 5.19. The van der Waals surface area contributed by atoms with Gasteiger partial charge in [0.05, 0.1) is 18.6 Å². The first-order valence-corrected chi connectivity index (χ1v) is 8.58. The number of carboxylic acid groups (broad SMARTS) is 1. The Hall–Kier alpha value is -2.60. The van der Waals surface area contributed by atoms with Crippen LogP contribution in [0.25, 0.3) is 6.08 Å². The molecule has 2 aromatic rings. The molecule has 1 heterocycles. The summed E-state index contributed by atoms with van der Waals surface area (Å²) in [5.41, 5.74) is 0.794. The monoisotopic (exact) mass is 360 g/mol. The first kappa shape index (κ1) is 18.7. The molecule has 0 fully saturated rings. The number of carbonyl (C=O) groups excluding carboxylic acids is 1. The molecule has 0 radical (unpaired) electrons. The maximum atomic E-state index is 12.2. The minimum absolute atomic E-state index is 0.144. The smallest absolute Gasteiger partial charge is 0.345 e. The van der Waals surface area contributed by atoms with Crippen LogP contribution in [0.1, 0.15) is 38.8 Å². The van der Waals surface area contributed by atoms with Crippen molar-refractivity contribution < 1.29 is 24.2 Å². The van der Waals surface area contributed by atoms with E-state index in [1.54, 1.807) is 19.3 Å². The SMILES string of the molecule is COc1ccc(/C=C/C(=O)c2ccc(C(=O)O)s2)cc1OCC(C)C. The number of allylic oxidation sites excluding steroid dienone is 1. The number of methoxy groups -OCH3 is 1. The number of hydrogen-bond acceptors (Lipinski definition) is 5. The molecule has 132 valence electrons. The Kier molecular flexibility index (Phi) is 6.36. The highest BCUT2D eigenvalue weighted by Crippen LogP contribution is 2.29. The molecule has 1 aromatic heterocycles. The lowest BCUT2D eigenvalue weighted by Crippen LogP contribution is -2.05. The van der Waals surface area contributed by atoms with Crippen LogP contribution in [-0.4, -0.2) is 30.6 Å². The fourth-order valence-electron chi connectivity index (χ4n) is 2.01. The van der Waals surface area contributed by atoms with Gasteiger partial charge in [0.25, 0.3) is 0 Å². The summed E-state index contributed by atoms with van der Waals surface area (Å²) in [7, 11) is 1.58. The maximum Gasteiger partial charge on any atom is 0.345 e. The van der Waals surface area contributed by atoms with Gasteiger partial charge in [-0.15, -0.1) is 11.3 Å². The van der Waals surface area contributed by atoms with Crippen molar-refractivity contribution in [1.82, 2.24) is 0 Å². The Morgan fingerprint density at radius 3 is 2.48 bits per heavy atom.